The molecule has 5 rings (SSSR count). The number of benzene rings is 1. The Kier molecular flexibility index (Phi) is 5.20. The Balaban J connectivity index is 1.52. The van der Waals surface area contributed by atoms with Crippen LogP contribution in [0.1, 0.15) is 55.9 Å². The Bertz CT molecular complexity index is 897. The van der Waals surface area contributed by atoms with Gasteiger partial charge in [0.15, 0.2) is 5.17 Å². The molecule has 2 fully saturated rings. The SMILES string of the molecule is CC[C@@H]1CSC2=N[C@@H](c3ccccn3)[C@@H](c3ccc(N4CCCCC4)c(F)c3)N21. The lowest BCUT2D eigenvalue weighted by molar-refractivity contribution is 0.255. The molecule has 2 saturated heterocycles. The lowest BCUT2D eigenvalue weighted by atomic mass is 9.94. The lowest BCUT2D eigenvalue weighted by Gasteiger charge is -2.33. The first-order chi connectivity index (χ1) is 14.3. The summed E-state index contributed by atoms with van der Waals surface area (Å²) in [6.07, 6.45) is 6.42. The number of thioether (sulfide) groups is 1. The number of anilines is 1. The largest absolute Gasteiger partial charge is 0.369 e. The number of hydrogen-bond acceptors (Lipinski definition) is 5. The second kappa shape index (κ2) is 7.98. The van der Waals surface area contributed by atoms with Crippen LogP contribution in [0.25, 0.3) is 0 Å². The molecule has 4 heterocycles. The molecule has 3 aliphatic heterocycles. The second-order valence-electron chi connectivity index (χ2n) is 8.09. The number of piperidine rings is 1. The molecular formula is C23H27FN4S. The van der Waals surface area contributed by atoms with E-state index in [-0.39, 0.29) is 17.9 Å². The molecule has 0 N–H and O–H groups in total. The smallest absolute Gasteiger partial charge is 0.160 e. The van der Waals surface area contributed by atoms with Gasteiger partial charge in [0.05, 0.1) is 17.4 Å². The average molecular weight is 411 g/mol. The molecule has 0 saturated carbocycles. The maximum Gasteiger partial charge on any atom is 0.160 e. The molecule has 0 bridgehead atoms. The Labute approximate surface area is 176 Å². The minimum atomic E-state index is -0.113. The van der Waals surface area contributed by atoms with Gasteiger partial charge < -0.3 is 9.80 Å². The number of aromatic nitrogens is 1. The van der Waals surface area contributed by atoms with Crippen molar-refractivity contribution in [2.75, 3.05) is 23.7 Å². The van der Waals surface area contributed by atoms with E-state index < -0.39 is 0 Å². The number of rotatable bonds is 4. The molecule has 0 radical (unpaired) electrons. The monoisotopic (exact) mass is 410 g/mol. The number of amidine groups is 1. The summed E-state index contributed by atoms with van der Waals surface area (Å²) in [4.78, 5) is 14.2. The highest BCUT2D eigenvalue weighted by atomic mass is 32.2. The first-order valence-electron chi connectivity index (χ1n) is 10.7. The van der Waals surface area contributed by atoms with Crippen molar-refractivity contribution in [3.63, 3.8) is 0 Å². The van der Waals surface area contributed by atoms with Crippen molar-refractivity contribution in [2.24, 2.45) is 4.99 Å². The highest BCUT2D eigenvalue weighted by molar-refractivity contribution is 8.14. The molecule has 29 heavy (non-hydrogen) atoms. The van der Waals surface area contributed by atoms with E-state index in [1.54, 1.807) is 6.07 Å². The number of fused-ring (bicyclic) bond motifs is 1. The van der Waals surface area contributed by atoms with E-state index in [9.17, 15) is 0 Å². The Hall–Kier alpha value is -2.08. The van der Waals surface area contributed by atoms with Crippen molar-refractivity contribution in [3.05, 3.63) is 59.7 Å². The third-order valence-electron chi connectivity index (χ3n) is 6.34. The molecule has 6 heteroatoms. The van der Waals surface area contributed by atoms with Crippen LogP contribution in [-0.2, 0) is 0 Å². The molecule has 0 aliphatic carbocycles. The van der Waals surface area contributed by atoms with E-state index in [4.69, 9.17) is 4.99 Å². The van der Waals surface area contributed by atoms with Crippen LogP contribution in [-0.4, -0.2) is 39.9 Å². The van der Waals surface area contributed by atoms with Gasteiger partial charge in [0, 0.05) is 31.1 Å². The lowest BCUT2D eigenvalue weighted by Crippen LogP contribution is -2.35. The summed E-state index contributed by atoms with van der Waals surface area (Å²) in [6, 6.07) is 12.2. The molecule has 4 nitrogen and oxygen atoms in total. The molecule has 1 aromatic heterocycles. The first-order valence-corrected chi connectivity index (χ1v) is 11.7. The molecule has 3 atom stereocenters. The molecule has 1 aromatic carbocycles. The molecule has 0 amide bonds. The Morgan fingerprint density at radius 3 is 2.72 bits per heavy atom. The third kappa shape index (κ3) is 3.41. The average Bonchev–Trinajstić information content (AvgIpc) is 3.34. The summed E-state index contributed by atoms with van der Waals surface area (Å²) in [5.74, 6) is 0.937. The van der Waals surface area contributed by atoms with Crippen molar-refractivity contribution in [1.29, 1.82) is 0 Å². The van der Waals surface area contributed by atoms with E-state index in [1.165, 1.54) is 6.42 Å². The van der Waals surface area contributed by atoms with Crippen LogP contribution in [0.3, 0.4) is 0 Å². The van der Waals surface area contributed by atoms with E-state index in [1.807, 2.05) is 42.2 Å². The standard InChI is InChI=1S/C23H27FN4S/c1-2-17-15-29-23-26-21(19-8-4-5-11-25-19)22(28(17)23)16-9-10-20(18(24)14-16)27-12-6-3-7-13-27/h4-5,8-11,14,17,21-22H,2-3,6-7,12-13,15H2,1H3/t17-,21+,22-/m1/s1. The molecule has 3 aliphatic rings. The molecular weight excluding hydrogens is 383 g/mol. The summed E-state index contributed by atoms with van der Waals surface area (Å²) < 4.78 is 15.2. The van der Waals surface area contributed by atoms with Crippen LogP contribution in [0.15, 0.2) is 47.6 Å². The maximum atomic E-state index is 15.2. The molecule has 0 spiro atoms. The predicted molar refractivity (Wildman–Crippen MR) is 118 cm³/mol. The number of halogens is 1. The van der Waals surface area contributed by atoms with Gasteiger partial charge in [0.25, 0.3) is 0 Å². The normalized spacial score (nSPS) is 26.6. The maximum absolute atomic E-state index is 15.2. The van der Waals surface area contributed by atoms with Gasteiger partial charge >= 0.3 is 0 Å². The van der Waals surface area contributed by atoms with Gasteiger partial charge in [-0.25, -0.2) is 4.39 Å². The summed E-state index contributed by atoms with van der Waals surface area (Å²) >= 11 is 1.82. The molecule has 0 unspecified atom stereocenters. The van der Waals surface area contributed by atoms with Gasteiger partial charge in [-0.2, -0.15) is 0 Å². The van der Waals surface area contributed by atoms with Gasteiger partial charge in [-0.05, 0) is 55.5 Å². The molecule has 2 aromatic rings. The number of aliphatic imine (C=N–C) groups is 1. The summed E-state index contributed by atoms with van der Waals surface area (Å²) in [6.45, 7) is 4.12. The topological polar surface area (TPSA) is 31.7 Å². The minimum absolute atomic E-state index is 0.00440. The summed E-state index contributed by atoms with van der Waals surface area (Å²) in [7, 11) is 0. The van der Waals surface area contributed by atoms with Crippen LogP contribution >= 0.6 is 11.8 Å². The fourth-order valence-corrected chi connectivity index (χ4v) is 6.15. The van der Waals surface area contributed by atoms with E-state index in [0.29, 0.717) is 6.04 Å². The van der Waals surface area contributed by atoms with Crippen molar-refractivity contribution in [2.45, 2.75) is 50.7 Å². The highest BCUT2D eigenvalue weighted by Gasteiger charge is 2.45. The minimum Gasteiger partial charge on any atom is -0.369 e. The van der Waals surface area contributed by atoms with Gasteiger partial charge in [-0.3, -0.25) is 9.98 Å². The van der Waals surface area contributed by atoms with Crippen molar-refractivity contribution >= 4 is 22.6 Å². The Morgan fingerprint density at radius 2 is 2.00 bits per heavy atom. The van der Waals surface area contributed by atoms with Crippen LogP contribution in [0.2, 0.25) is 0 Å². The zero-order valence-electron chi connectivity index (χ0n) is 16.8. The zero-order valence-corrected chi connectivity index (χ0v) is 17.6. The van der Waals surface area contributed by atoms with E-state index in [0.717, 1.165) is 60.2 Å². The van der Waals surface area contributed by atoms with Gasteiger partial charge in [-0.1, -0.05) is 30.8 Å². The fourth-order valence-electron chi connectivity index (χ4n) is 4.81. The predicted octanol–water partition coefficient (Wildman–Crippen LogP) is 5.19. The first kappa shape index (κ1) is 18.9. The molecule has 152 valence electrons. The van der Waals surface area contributed by atoms with Gasteiger partial charge in [0.2, 0.25) is 0 Å². The Morgan fingerprint density at radius 1 is 1.14 bits per heavy atom. The zero-order chi connectivity index (χ0) is 19.8. The van der Waals surface area contributed by atoms with Crippen LogP contribution in [0.5, 0.6) is 0 Å². The van der Waals surface area contributed by atoms with Crippen LogP contribution < -0.4 is 4.90 Å². The van der Waals surface area contributed by atoms with Crippen LogP contribution in [0, 0.1) is 5.82 Å². The number of hydrogen-bond donors (Lipinski definition) is 0. The second-order valence-corrected chi connectivity index (χ2v) is 9.08. The van der Waals surface area contributed by atoms with E-state index in [2.05, 4.69) is 27.8 Å². The van der Waals surface area contributed by atoms with Crippen LogP contribution in [0.4, 0.5) is 10.1 Å². The number of pyridine rings is 1. The van der Waals surface area contributed by atoms with Gasteiger partial charge in [0.1, 0.15) is 11.9 Å². The summed E-state index contributed by atoms with van der Waals surface area (Å²) in [5.41, 5.74) is 2.69. The third-order valence-corrected chi connectivity index (χ3v) is 7.47. The fraction of sp³-hybridized carbons (Fsp3) is 0.478. The van der Waals surface area contributed by atoms with E-state index >= 15 is 4.39 Å². The number of nitrogens with zero attached hydrogens (tertiary/aromatic N) is 4. The van der Waals surface area contributed by atoms with Crippen molar-refractivity contribution in [3.8, 4) is 0 Å². The quantitative estimate of drug-likeness (QED) is 0.694. The highest BCUT2D eigenvalue weighted by Crippen LogP contribution is 2.48. The summed E-state index contributed by atoms with van der Waals surface area (Å²) in [5, 5.41) is 1.08. The van der Waals surface area contributed by atoms with Gasteiger partial charge in [-0.15, -0.1) is 0 Å². The van der Waals surface area contributed by atoms with Crippen molar-refractivity contribution in [1.82, 2.24) is 9.88 Å². The van der Waals surface area contributed by atoms with Crippen molar-refractivity contribution < 1.29 is 4.39 Å².